The van der Waals surface area contributed by atoms with Gasteiger partial charge in [-0.25, -0.2) is 9.97 Å². The lowest BCUT2D eigenvalue weighted by atomic mass is 9.67. The Morgan fingerprint density at radius 3 is 1.58 bits per heavy atom. The first-order valence-corrected chi connectivity index (χ1v) is 18.7. The molecule has 3 nitrogen and oxygen atoms in total. The van der Waals surface area contributed by atoms with E-state index in [2.05, 4.69) is 193 Å². The van der Waals surface area contributed by atoms with Gasteiger partial charge in [-0.05, 0) is 79.9 Å². The summed E-state index contributed by atoms with van der Waals surface area (Å²) in [4.78, 5) is 14.9. The number of hydrogen-bond donors (Lipinski definition) is 0. The average molecular weight is 702 g/mol. The number of hydrogen-bond acceptors (Lipinski definition) is 3. The van der Waals surface area contributed by atoms with E-state index in [9.17, 15) is 0 Å². The number of rotatable bonds is 7. The van der Waals surface area contributed by atoms with Crippen molar-refractivity contribution in [1.29, 1.82) is 0 Å². The Bertz CT molecular complexity index is 2740. The molecule has 258 valence electrons. The second-order valence-corrected chi connectivity index (χ2v) is 14.0. The SMILES string of the molecule is c1ccc(-c2cccc(-c3nc(-c4ccc(-c5cccnc5)cc4)cc(-c4ccc5c(c4)-c4ccccc4C5(c4ccccc4)c4ccccc4)n3)c2)cc1. The fraction of sp³-hybridized carbons (Fsp3) is 0.0192. The summed E-state index contributed by atoms with van der Waals surface area (Å²) >= 11 is 0. The zero-order valence-electron chi connectivity index (χ0n) is 30.0. The van der Waals surface area contributed by atoms with E-state index in [1.54, 1.807) is 6.20 Å². The molecular weight excluding hydrogens is 667 g/mol. The van der Waals surface area contributed by atoms with Crippen molar-refractivity contribution in [2.24, 2.45) is 0 Å². The minimum atomic E-state index is -0.455. The molecule has 7 aromatic carbocycles. The van der Waals surface area contributed by atoms with Crippen molar-refractivity contribution in [1.82, 2.24) is 15.0 Å². The minimum Gasteiger partial charge on any atom is -0.264 e. The zero-order chi connectivity index (χ0) is 36.6. The van der Waals surface area contributed by atoms with Gasteiger partial charge >= 0.3 is 0 Å². The molecule has 0 atom stereocenters. The molecule has 1 aliphatic rings. The molecule has 1 aliphatic carbocycles. The summed E-state index contributed by atoms with van der Waals surface area (Å²) in [7, 11) is 0. The Hall–Kier alpha value is -7.23. The maximum absolute atomic E-state index is 5.31. The summed E-state index contributed by atoms with van der Waals surface area (Å²) in [5.41, 5.74) is 16.3. The summed E-state index contributed by atoms with van der Waals surface area (Å²) in [6, 6.07) is 71.4. The number of fused-ring (bicyclic) bond motifs is 3. The van der Waals surface area contributed by atoms with Crippen molar-refractivity contribution in [2.45, 2.75) is 5.41 Å². The van der Waals surface area contributed by atoms with Crippen LogP contribution in [0.5, 0.6) is 0 Å². The first kappa shape index (κ1) is 32.4. The molecule has 9 aromatic rings. The molecule has 3 heteroatoms. The predicted molar refractivity (Wildman–Crippen MR) is 224 cm³/mol. The molecule has 0 amide bonds. The smallest absolute Gasteiger partial charge is 0.160 e. The van der Waals surface area contributed by atoms with Gasteiger partial charge in [0.05, 0.1) is 16.8 Å². The third-order valence-electron chi connectivity index (χ3n) is 10.9. The lowest BCUT2D eigenvalue weighted by molar-refractivity contribution is 0.768. The normalized spacial score (nSPS) is 12.5. The predicted octanol–water partition coefficient (Wildman–Crippen LogP) is 12.6. The second-order valence-electron chi connectivity index (χ2n) is 14.0. The molecule has 0 unspecified atom stereocenters. The maximum atomic E-state index is 5.31. The number of benzene rings is 7. The molecule has 0 saturated heterocycles. The number of pyridine rings is 1. The summed E-state index contributed by atoms with van der Waals surface area (Å²) in [6.45, 7) is 0. The van der Waals surface area contributed by atoms with Crippen LogP contribution >= 0.6 is 0 Å². The van der Waals surface area contributed by atoms with E-state index in [0.717, 1.165) is 50.3 Å². The van der Waals surface area contributed by atoms with E-state index in [0.29, 0.717) is 5.82 Å². The lowest BCUT2D eigenvalue weighted by Gasteiger charge is -2.33. The van der Waals surface area contributed by atoms with Gasteiger partial charge in [-0.15, -0.1) is 0 Å². The Kier molecular flexibility index (Phi) is 8.04. The molecule has 0 spiro atoms. The summed E-state index contributed by atoms with van der Waals surface area (Å²) in [6.07, 6.45) is 3.70. The second kappa shape index (κ2) is 13.6. The Balaban J connectivity index is 1.16. The van der Waals surface area contributed by atoms with E-state index in [-0.39, 0.29) is 0 Å². The van der Waals surface area contributed by atoms with Crippen LogP contribution in [0.1, 0.15) is 22.3 Å². The van der Waals surface area contributed by atoms with Crippen LogP contribution in [0.25, 0.3) is 67.3 Å². The van der Waals surface area contributed by atoms with Gasteiger partial charge in [0.15, 0.2) is 5.82 Å². The van der Waals surface area contributed by atoms with E-state index < -0.39 is 5.41 Å². The standard InChI is InChI=1S/C52H35N3/c1-4-14-36(15-5-1)39-16-12-17-41(32-39)51-54-49(38-27-25-37(26-28-38)42-18-13-31-53-35-42)34-50(55-51)40-29-30-48-46(33-40)45-23-10-11-24-47(45)52(48,43-19-6-2-7-20-43)44-21-8-3-9-22-44/h1-35H. The van der Waals surface area contributed by atoms with Crippen molar-refractivity contribution >= 4 is 0 Å². The van der Waals surface area contributed by atoms with Crippen molar-refractivity contribution in [2.75, 3.05) is 0 Å². The Labute approximate surface area is 321 Å². The highest BCUT2D eigenvalue weighted by Gasteiger charge is 2.46. The molecule has 2 heterocycles. The van der Waals surface area contributed by atoms with E-state index in [1.807, 2.05) is 18.3 Å². The Morgan fingerprint density at radius 2 is 0.873 bits per heavy atom. The van der Waals surface area contributed by atoms with Crippen molar-refractivity contribution < 1.29 is 0 Å². The molecule has 0 N–H and O–H groups in total. The summed E-state index contributed by atoms with van der Waals surface area (Å²) in [5, 5.41) is 0. The van der Waals surface area contributed by atoms with Gasteiger partial charge in [-0.3, -0.25) is 4.98 Å². The fourth-order valence-corrected chi connectivity index (χ4v) is 8.32. The molecule has 10 rings (SSSR count). The lowest BCUT2D eigenvalue weighted by Crippen LogP contribution is -2.28. The maximum Gasteiger partial charge on any atom is 0.160 e. The first-order chi connectivity index (χ1) is 27.3. The largest absolute Gasteiger partial charge is 0.264 e. The van der Waals surface area contributed by atoms with Crippen LogP contribution in [0.4, 0.5) is 0 Å². The molecule has 0 saturated carbocycles. The molecule has 0 fully saturated rings. The van der Waals surface area contributed by atoms with Crippen LogP contribution < -0.4 is 0 Å². The van der Waals surface area contributed by atoms with Gasteiger partial charge in [-0.1, -0.05) is 176 Å². The monoisotopic (exact) mass is 701 g/mol. The zero-order valence-corrected chi connectivity index (χ0v) is 30.0. The van der Waals surface area contributed by atoms with Gasteiger partial charge in [0.1, 0.15) is 0 Å². The van der Waals surface area contributed by atoms with Crippen molar-refractivity contribution in [3.05, 3.63) is 235 Å². The third-order valence-corrected chi connectivity index (χ3v) is 10.9. The van der Waals surface area contributed by atoms with Gasteiger partial charge in [-0.2, -0.15) is 0 Å². The highest BCUT2D eigenvalue weighted by molar-refractivity contribution is 5.89. The number of aromatic nitrogens is 3. The Morgan fingerprint density at radius 1 is 0.327 bits per heavy atom. The van der Waals surface area contributed by atoms with Crippen LogP contribution in [0, 0.1) is 0 Å². The molecular formula is C52H35N3. The van der Waals surface area contributed by atoms with E-state index in [4.69, 9.17) is 9.97 Å². The van der Waals surface area contributed by atoms with E-state index >= 15 is 0 Å². The van der Waals surface area contributed by atoms with Gasteiger partial charge in [0.2, 0.25) is 0 Å². The van der Waals surface area contributed by atoms with Crippen molar-refractivity contribution in [3.63, 3.8) is 0 Å². The summed E-state index contributed by atoms with van der Waals surface area (Å²) < 4.78 is 0. The summed E-state index contributed by atoms with van der Waals surface area (Å²) in [5.74, 6) is 0.686. The van der Waals surface area contributed by atoms with Gasteiger partial charge < -0.3 is 0 Å². The quantitative estimate of drug-likeness (QED) is 0.166. The third kappa shape index (κ3) is 5.65. The van der Waals surface area contributed by atoms with Gasteiger partial charge in [0, 0.05) is 29.1 Å². The van der Waals surface area contributed by atoms with Crippen LogP contribution in [0.15, 0.2) is 213 Å². The average Bonchev–Trinajstić information content (AvgIpc) is 3.58. The molecule has 0 aliphatic heterocycles. The topological polar surface area (TPSA) is 38.7 Å². The van der Waals surface area contributed by atoms with Crippen LogP contribution in [0.3, 0.4) is 0 Å². The fourth-order valence-electron chi connectivity index (χ4n) is 8.32. The molecule has 55 heavy (non-hydrogen) atoms. The highest BCUT2D eigenvalue weighted by atomic mass is 14.9. The van der Waals surface area contributed by atoms with Crippen LogP contribution in [0.2, 0.25) is 0 Å². The molecule has 0 radical (unpaired) electrons. The highest BCUT2D eigenvalue weighted by Crippen LogP contribution is 2.56. The first-order valence-electron chi connectivity index (χ1n) is 18.7. The van der Waals surface area contributed by atoms with Crippen molar-refractivity contribution in [3.8, 4) is 67.3 Å². The molecule has 0 bridgehead atoms. The van der Waals surface area contributed by atoms with Crippen LogP contribution in [-0.4, -0.2) is 15.0 Å². The van der Waals surface area contributed by atoms with E-state index in [1.165, 1.54) is 33.4 Å². The molecule has 2 aromatic heterocycles. The van der Waals surface area contributed by atoms with Gasteiger partial charge in [0.25, 0.3) is 0 Å². The minimum absolute atomic E-state index is 0.455. The van der Waals surface area contributed by atoms with Crippen LogP contribution in [-0.2, 0) is 5.41 Å². The number of nitrogens with zero attached hydrogens (tertiary/aromatic N) is 3.